The molecule has 0 saturated carbocycles. The van der Waals surface area contributed by atoms with Gasteiger partial charge in [-0.1, -0.05) is 6.92 Å². The van der Waals surface area contributed by atoms with Crippen molar-refractivity contribution in [3.05, 3.63) is 18.0 Å². The van der Waals surface area contributed by atoms with Crippen LogP contribution in [0.5, 0.6) is 0 Å². The summed E-state index contributed by atoms with van der Waals surface area (Å²) >= 11 is 1.63. The predicted molar refractivity (Wildman–Crippen MR) is 76.3 cm³/mol. The first-order valence-electron chi connectivity index (χ1n) is 5.73. The number of aromatic nitrogens is 1. The third-order valence-corrected chi connectivity index (χ3v) is 5.08. The lowest BCUT2D eigenvalue weighted by Gasteiger charge is -2.09. The van der Waals surface area contributed by atoms with E-state index >= 15 is 0 Å². The molecule has 0 saturated heterocycles. The molecule has 1 aromatic rings. The number of thioether (sulfide) groups is 1. The molecule has 0 aromatic carbocycles. The van der Waals surface area contributed by atoms with Crippen LogP contribution in [0.15, 0.2) is 17.2 Å². The van der Waals surface area contributed by atoms with Crippen LogP contribution in [0.3, 0.4) is 0 Å². The molecule has 7 heteroatoms. The highest BCUT2D eigenvalue weighted by Gasteiger charge is 2.17. The second kappa shape index (κ2) is 6.60. The summed E-state index contributed by atoms with van der Waals surface area (Å²) in [6.45, 7) is 3.08. The largest absolute Gasteiger partial charge is 0.352 e. The number of hydrogen-bond donors (Lipinski definition) is 2. The second-order valence-corrected chi connectivity index (χ2v) is 7.25. The van der Waals surface area contributed by atoms with Crippen molar-refractivity contribution < 1.29 is 8.42 Å². The predicted octanol–water partition coefficient (Wildman–Crippen LogP) is 0.774. The molecule has 0 radical (unpaired) electrons. The fourth-order valence-corrected chi connectivity index (χ4v) is 3.05. The van der Waals surface area contributed by atoms with Crippen molar-refractivity contribution in [2.75, 3.05) is 19.8 Å². The van der Waals surface area contributed by atoms with Crippen LogP contribution >= 0.6 is 11.8 Å². The number of rotatable bonds is 7. The molecule has 1 aromatic heterocycles. The van der Waals surface area contributed by atoms with Crippen molar-refractivity contribution in [3.8, 4) is 0 Å². The van der Waals surface area contributed by atoms with E-state index in [1.807, 2.05) is 31.8 Å². The van der Waals surface area contributed by atoms with Gasteiger partial charge < -0.3 is 9.88 Å². The van der Waals surface area contributed by atoms with Crippen molar-refractivity contribution in [2.45, 2.75) is 23.6 Å². The first kappa shape index (κ1) is 15.6. The van der Waals surface area contributed by atoms with E-state index in [9.17, 15) is 8.42 Å². The molecule has 1 rings (SSSR count). The fourth-order valence-electron chi connectivity index (χ4n) is 1.47. The number of nitrogens with zero attached hydrogens (tertiary/aromatic N) is 1. The quantitative estimate of drug-likeness (QED) is 0.779. The molecule has 1 heterocycles. The summed E-state index contributed by atoms with van der Waals surface area (Å²) in [7, 11) is 0.279. The van der Waals surface area contributed by atoms with E-state index in [1.165, 1.54) is 0 Å². The Hall–Kier alpha value is -0.500. The topological polar surface area (TPSA) is 63.1 Å². The molecule has 0 aliphatic heterocycles. The summed E-state index contributed by atoms with van der Waals surface area (Å²) < 4.78 is 28.6. The molecule has 0 aliphatic rings. The van der Waals surface area contributed by atoms with Gasteiger partial charge in [0.1, 0.15) is 0 Å². The lowest BCUT2D eigenvalue weighted by molar-refractivity contribution is 0.581. The van der Waals surface area contributed by atoms with Gasteiger partial charge in [-0.25, -0.2) is 13.1 Å². The molecule has 0 fully saturated rings. The summed E-state index contributed by atoms with van der Waals surface area (Å²) in [5.41, 5.74) is 0.941. The normalized spacial score (nSPS) is 13.8. The van der Waals surface area contributed by atoms with Crippen molar-refractivity contribution in [3.63, 3.8) is 0 Å². The first-order valence-corrected chi connectivity index (χ1v) is 8.50. The number of sulfonamides is 1. The Morgan fingerprint density at radius 1 is 1.50 bits per heavy atom. The van der Waals surface area contributed by atoms with Gasteiger partial charge in [0.15, 0.2) is 0 Å². The Kier molecular flexibility index (Phi) is 5.71. The van der Waals surface area contributed by atoms with Crippen LogP contribution in [0.25, 0.3) is 0 Å². The Labute approximate surface area is 113 Å². The van der Waals surface area contributed by atoms with Crippen molar-refractivity contribution in [1.82, 2.24) is 14.6 Å². The van der Waals surface area contributed by atoms with E-state index < -0.39 is 10.0 Å². The standard InChI is InChI=1S/C11H21N3O2S2/c1-9(17-4)6-13-18(15,16)11-5-10(7-12-2)14(3)8-11/h5,8-9,12-13H,6-7H2,1-4H3. The molecule has 18 heavy (non-hydrogen) atoms. The van der Waals surface area contributed by atoms with Crippen molar-refractivity contribution in [2.24, 2.45) is 7.05 Å². The van der Waals surface area contributed by atoms with E-state index in [4.69, 9.17) is 0 Å². The van der Waals surface area contributed by atoms with Gasteiger partial charge in [-0.05, 0) is 19.4 Å². The highest BCUT2D eigenvalue weighted by molar-refractivity contribution is 7.99. The zero-order chi connectivity index (χ0) is 13.8. The monoisotopic (exact) mass is 291 g/mol. The zero-order valence-corrected chi connectivity index (χ0v) is 12.9. The van der Waals surface area contributed by atoms with Gasteiger partial charge in [-0.15, -0.1) is 0 Å². The molecule has 1 unspecified atom stereocenters. The zero-order valence-electron chi connectivity index (χ0n) is 11.2. The smallest absolute Gasteiger partial charge is 0.242 e. The Morgan fingerprint density at radius 3 is 2.72 bits per heavy atom. The van der Waals surface area contributed by atoms with E-state index in [2.05, 4.69) is 10.0 Å². The minimum absolute atomic E-state index is 0.264. The molecule has 1 atom stereocenters. The minimum atomic E-state index is -3.40. The Morgan fingerprint density at radius 2 is 2.17 bits per heavy atom. The van der Waals surface area contributed by atoms with Crippen LogP contribution in [-0.2, 0) is 23.6 Å². The number of hydrogen-bond acceptors (Lipinski definition) is 4. The maximum absolute atomic E-state index is 12.1. The van der Waals surface area contributed by atoms with Crippen LogP contribution in [-0.4, -0.2) is 38.1 Å². The summed E-state index contributed by atoms with van der Waals surface area (Å²) in [6.07, 6.45) is 3.60. The van der Waals surface area contributed by atoms with Gasteiger partial charge in [-0.2, -0.15) is 11.8 Å². The van der Waals surface area contributed by atoms with E-state index in [-0.39, 0.29) is 5.25 Å². The van der Waals surface area contributed by atoms with Crippen molar-refractivity contribution >= 4 is 21.8 Å². The van der Waals surface area contributed by atoms with Gasteiger partial charge >= 0.3 is 0 Å². The molecule has 5 nitrogen and oxygen atoms in total. The fraction of sp³-hybridized carbons (Fsp3) is 0.636. The minimum Gasteiger partial charge on any atom is -0.352 e. The molecule has 0 amide bonds. The van der Waals surface area contributed by atoms with Crippen LogP contribution in [0.4, 0.5) is 0 Å². The van der Waals surface area contributed by atoms with Crippen LogP contribution in [0.1, 0.15) is 12.6 Å². The SMILES string of the molecule is CNCc1cc(S(=O)(=O)NCC(C)SC)cn1C. The van der Waals surface area contributed by atoms with Gasteiger partial charge in [0, 0.05) is 37.3 Å². The summed E-state index contributed by atoms with van der Waals surface area (Å²) in [4.78, 5) is 0.323. The molecule has 0 aliphatic carbocycles. The second-order valence-electron chi connectivity index (χ2n) is 4.21. The molecular formula is C11H21N3O2S2. The third-order valence-electron chi connectivity index (χ3n) is 2.71. The van der Waals surface area contributed by atoms with Gasteiger partial charge in [0.2, 0.25) is 10.0 Å². The number of aryl methyl sites for hydroxylation is 1. The first-order chi connectivity index (χ1) is 8.40. The lowest BCUT2D eigenvalue weighted by atomic mass is 10.4. The van der Waals surface area contributed by atoms with Gasteiger partial charge in [0.05, 0.1) is 4.90 Å². The highest BCUT2D eigenvalue weighted by atomic mass is 32.2. The lowest BCUT2D eigenvalue weighted by Crippen LogP contribution is -2.29. The van der Waals surface area contributed by atoms with Crippen LogP contribution in [0, 0.1) is 0 Å². The Balaban J connectivity index is 2.82. The highest BCUT2D eigenvalue weighted by Crippen LogP contribution is 2.14. The summed E-state index contributed by atoms with van der Waals surface area (Å²) in [5, 5.41) is 3.27. The van der Waals surface area contributed by atoms with Crippen molar-refractivity contribution in [1.29, 1.82) is 0 Å². The molecule has 2 N–H and O–H groups in total. The maximum atomic E-state index is 12.1. The molecule has 104 valence electrons. The summed E-state index contributed by atoms with van der Waals surface area (Å²) in [6, 6.07) is 1.70. The van der Waals surface area contributed by atoms with E-state index in [0.29, 0.717) is 18.0 Å². The number of nitrogens with one attached hydrogen (secondary N) is 2. The van der Waals surface area contributed by atoms with Gasteiger partial charge in [0.25, 0.3) is 0 Å². The molecule has 0 bridgehead atoms. The van der Waals surface area contributed by atoms with Crippen LogP contribution < -0.4 is 10.0 Å². The van der Waals surface area contributed by atoms with Gasteiger partial charge in [-0.3, -0.25) is 0 Å². The Bertz CT molecular complexity index is 482. The average molecular weight is 291 g/mol. The van der Waals surface area contributed by atoms with E-state index in [0.717, 1.165) is 5.69 Å². The molecular weight excluding hydrogens is 270 g/mol. The average Bonchev–Trinajstić information content (AvgIpc) is 2.69. The maximum Gasteiger partial charge on any atom is 0.242 e. The third kappa shape index (κ3) is 4.01. The van der Waals surface area contributed by atoms with Crippen LogP contribution in [0.2, 0.25) is 0 Å². The van der Waals surface area contributed by atoms with E-state index in [1.54, 1.807) is 24.0 Å². The summed E-state index contributed by atoms with van der Waals surface area (Å²) in [5.74, 6) is 0. The molecule has 0 spiro atoms.